The maximum atomic E-state index is 11.8. The molecule has 0 bridgehead atoms. The summed E-state index contributed by atoms with van der Waals surface area (Å²) in [6, 6.07) is 2.43. The average Bonchev–Trinajstić information content (AvgIpc) is 2.35. The number of rotatable bonds is 5. The van der Waals surface area contributed by atoms with Crippen LogP contribution in [-0.2, 0) is 4.79 Å². The topological polar surface area (TPSA) is 116 Å². The lowest BCUT2D eigenvalue weighted by molar-refractivity contribution is -0.141. The predicted molar refractivity (Wildman–Crippen MR) is 65.2 cm³/mol. The molecule has 0 unspecified atom stereocenters. The summed E-state index contributed by atoms with van der Waals surface area (Å²) in [4.78, 5) is 22.7. The van der Waals surface area contributed by atoms with Gasteiger partial charge in [-0.3, -0.25) is 4.79 Å². The lowest BCUT2D eigenvalue weighted by atomic mass is 10.1. The molecule has 7 nitrogen and oxygen atoms in total. The van der Waals surface area contributed by atoms with E-state index in [1.54, 1.807) is 0 Å². The predicted octanol–water partition coefficient (Wildman–Crippen LogP) is -0.0354. The Labute approximate surface area is 109 Å². The van der Waals surface area contributed by atoms with Crippen LogP contribution in [0.4, 0.5) is 0 Å². The molecule has 0 aromatic heterocycles. The second kappa shape index (κ2) is 6.05. The highest BCUT2D eigenvalue weighted by Gasteiger charge is 2.25. The van der Waals surface area contributed by atoms with Gasteiger partial charge in [0.15, 0.2) is 17.5 Å². The number of hydrogen-bond donors (Lipinski definition) is 4. The molecule has 0 fully saturated rings. The molecule has 104 valence electrons. The van der Waals surface area contributed by atoms with Gasteiger partial charge in [0.1, 0.15) is 0 Å². The zero-order chi connectivity index (χ0) is 14.6. The first-order valence-corrected chi connectivity index (χ1v) is 5.45. The summed E-state index contributed by atoms with van der Waals surface area (Å²) in [6.07, 6.45) is -1.24. The number of phenolic OH excluding ortho intramolecular Hbond substituents is 1. The lowest BCUT2D eigenvalue weighted by Gasteiger charge is -2.17. The van der Waals surface area contributed by atoms with Crippen molar-refractivity contribution in [1.82, 2.24) is 5.32 Å². The number of methoxy groups -OCH3 is 1. The molecule has 0 spiro atoms. The highest BCUT2D eigenvalue weighted by Crippen LogP contribution is 2.26. The quantitative estimate of drug-likeness (QED) is 0.596. The van der Waals surface area contributed by atoms with Crippen LogP contribution in [0.1, 0.15) is 17.3 Å². The van der Waals surface area contributed by atoms with Crippen LogP contribution < -0.4 is 10.1 Å². The third kappa shape index (κ3) is 3.59. The van der Waals surface area contributed by atoms with Crippen LogP contribution in [0.25, 0.3) is 0 Å². The highest BCUT2D eigenvalue weighted by atomic mass is 16.5. The molecule has 0 aliphatic heterocycles. The van der Waals surface area contributed by atoms with Gasteiger partial charge in [-0.1, -0.05) is 0 Å². The Morgan fingerprint density at radius 2 is 2.00 bits per heavy atom. The Morgan fingerprint density at radius 3 is 2.47 bits per heavy atom. The summed E-state index contributed by atoms with van der Waals surface area (Å²) < 4.78 is 4.84. The van der Waals surface area contributed by atoms with Crippen molar-refractivity contribution >= 4 is 11.9 Å². The molecule has 2 atom stereocenters. The van der Waals surface area contributed by atoms with Gasteiger partial charge in [-0.25, -0.2) is 4.79 Å². The summed E-state index contributed by atoms with van der Waals surface area (Å²) in [7, 11) is 1.33. The molecule has 7 heteroatoms. The summed E-state index contributed by atoms with van der Waals surface area (Å²) >= 11 is 0. The van der Waals surface area contributed by atoms with E-state index in [4.69, 9.17) is 9.84 Å². The van der Waals surface area contributed by atoms with E-state index in [1.807, 2.05) is 0 Å². The number of aliphatic carboxylic acids is 1. The summed E-state index contributed by atoms with van der Waals surface area (Å²) in [5.74, 6) is -2.07. The summed E-state index contributed by atoms with van der Waals surface area (Å²) in [6.45, 7) is 1.26. The van der Waals surface area contributed by atoms with Crippen LogP contribution in [0.15, 0.2) is 18.2 Å². The molecule has 1 amide bonds. The van der Waals surface area contributed by atoms with Crippen molar-refractivity contribution in [2.24, 2.45) is 0 Å². The number of carboxylic acids is 1. The van der Waals surface area contributed by atoms with Gasteiger partial charge < -0.3 is 25.4 Å². The Bertz CT molecular complexity index is 485. The number of carboxylic acid groups (broad SMARTS) is 1. The second-order valence-corrected chi connectivity index (χ2v) is 3.92. The van der Waals surface area contributed by atoms with Gasteiger partial charge in [0.05, 0.1) is 13.2 Å². The molecule has 0 saturated heterocycles. The van der Waals surface area contributed by atoms with Crippen molar-refractivity contribution in [3.8, 4) is 11.5 Å². The summed E-state index contributed by atoms with van der Waals surface area (Å²) in [5.41, 5.74) is 0.113. The number of benzene rings is 1. The van der Waals surface area contributed by atoms with Gasteiger partial charge in [-0.2, -0.15) is 0 Å². The Hall–Kier alpha value is -2.28. The van der Waals surface area contributed by atoms with Crippen molar-refractivity contribution in [2.75, 3.05) is 7.11 Å². The zero-order valence-electron chi connectivity index (χ0n) is 10.5. The number of carbonyl (C=O) groups excluding carboxylic acids is 1. The van der Waals surface area contributed by atoms with Crippen LogP contribution in [0.5, 0.6) is 11.5 Å². The fraction of sp³-hybridized carbons (Fsp3) is 0.333. The fourth-order valence-corrected chi connectivity index (χ4v) is 1.43. The number of nitrogens with one attached hydrogen (secondary N) is 1. The SMILES string of the molecule is COc1cc(C(=O)N[C@H](C(=O)O)[C@@H](C)O)ccc1O. The van der Waals surface area contributed by atoms with E-state index >= 15 is 0 Å². The van der Waals surface area contributed by atoms with E-state index in [2.05, 4.69) is 5.32 Å². The highest BCUT2D eigenvalue weighted by molar-refractivity contribution is 5.97. The molecule has 4 N–H and O–H groups in total. The molecule has 1 aromatic carbocycles. The van der Waals surface area contributed by atoms with Crippen molar-refractivity contribution in [1.29, 1.82) is 0 Å². The van der Waals surface area contributed by atoms with E-state index in [1.165, 1.54) is 32.2 Å². The van der Waals surface area contributed by atoms with Gasteiger partial charge in [0.2, 0.25) is 0 Å². The van der Waals surface area contributed by atoms with Crippen LogP contribution >= 0.6 is 0 Å². The monoisotopic (exact) mass is 269 g/mol. The minimum atomic E-state index is -1.41. The van der Waals surface area contributed by atoms with Crippen LogP contribution in [0.2, 0.25) is 0 Å². The largest absolute Gasteiger partial charge is 0.504 e. The van der Waals surface area contributed by atoms with Crippen molar-refractivity contribution < 1.29 is 29.6 Å². The minimum absolute atomic E-state index is 0.0940. The van der Waals surface area contributed by atoms with E-state index < -0.39 is 24.0 Å². The Balaban J connectivity index is 2.91. The first-order valence-electron chi connectivity index (χ1n) is 5.45. The zero-order valence-corrected chi connectivity index (χ0v) is 10.5. The third-order valence-corrected chi connectivity index (χ3v) is 2.48. The first-order chi connectivity index (χ1) is 8.86. The maximum Gasteiger partial charge on any atom is 0.328 e. The molecular formula is C12H15NO6. The van der Waals surface area contributed by atoms with Gasteiger partial charge >= 0.3 is 5.97 Å². The van der Waals surface area contributed by atoms with Gasteiger partial charge in [0, 0.05) is 5.56 Å². The molecule has 0 aliphatic rings. The normalized spacial score (nSPS) is 13.4. The number of phenols is 1. The van der Waals surface area contributed by atoms with Crippen LogP contribution in [0, 0.1) is 0 Å². The van der Waals surface area contributed by atoms with Gasteiger partial charge in [0.25, 0.3) is 5.91 Å². The minimum Gasteiger partial charge on any atom is -0.504 e. The second-order valence-electron chi connectivity index (χ2n) is 3.92. The maximum absolute atomic E-state index is 11.8. The standard InChI is InChI=1S/C12H15NO6/c1-6(14)10(12(17)18)13-11(16)7-3-4-8(15)9(5-7)19-2/h3-6,10,14-15H,1-2H3,(H,13,16)(H,17,18)/t6-,10+/m1/s1. The first kappa shape index (κ1) is 14.8. The van der Waals surface area contributed by atoms with Crippen molar-refractivity contribution in [2.45, 2.75) is 19.1 Å². The molecule has 0 radical (unpaired) electrons. The van der Waals surface area contributed by atoms with Crippen LogP contribution in [-0.4, -0.2) is 46.5 Å². The molecule has 1 aromatic rings. The fourth-order valence-electron chi connectivity index (χ4n) is 1.43. The van der Waals surface area contributed by atoms with E-state index in [0.717, 1.165) is 0 Å². The molecule has 0 aliphatic carbocycles. The van der Waals surface area contributed by atoms with Crippen molar-refractivity contribution in [3.05, 3.63) is 23.8 Å². The lowest BCUT2D eigenvalue weighted by Crippen LogP contribution is -2.47. The third-order valence-electron chi connectivity index (χ3n) is 2.48. The molecule has 0 heterocycles. The molecular weight excluding hydrogens is 254 g/mol. The molecule has 19 heavy (non-hydrogen) atoms. The van der Waals surface area contributed by atoms with E-state index in [0.29, 0.717) is 0 Å². The number of aliphatic hydroxyl groups excluding tert-OH is 1. The van der Waals surface area contributed by atoms with Crippen molar-refractivity contribution in [3.63, 3.8) is 0 Å². The Morgan fingerprint density at radius 1 is 1.37 bits per heavy atom. The van der Waals surface area contributed by atoms with E-state index in [-0.39, 0.29) is 17.1 Å². The number of carbonyl (C=O) groups is 2. The average molecular weight is 269 g/mol. The van der Waals surface area contributed by atoms with Gasteiger partial charge in [-0.15, -0.1) is 0 Å². The smallest absolute Gasteiger partial charge is 0.328 e. The van der Waals surface area contributed by atoms with Gasteiger partial charge in [-0.05, 0) is 25.1 Å². The number of hydrogen-bond acceptors (Lipinski definition) is 5. The molecule has 1 rings (SSSR count). The number of aromatic hydroxyl groups is 1. The Kier molecular flexibility index (Phi) is 4.71. The van der Waals surface area contributed by atoms with Crippen LogP contribution in [0.3, 0.4) is 0 Å². The number of ether oxygens (including phenoxy) is 1. The number of amides is 1. The molecule has 0 saturated carbocycles. The van der Waals surface area contributed by atoms with E-state index in [9.17, 15) is 19.8 Å². The summed E-state index contributed by atoms with van der Waals surface area (Å²) in [5, 5.41) is 29.7. The number of aliphatic hydroxyl groups is 1.